The van der Waals surface area contributed by atoms with E-state index in [0.29, 0.717) is 32.5 Å². The lowest BCUT2D eigenvalue weighted by atomic mass is 9.86. The molecule has 3 fully saturated rings. The molecule has 7 heteroatoms. The van der Waals surface area contributed by atoms with E-state index in [9.17, 15) is 9.59 Å². The van der Waals surface area contributed by atoms with Crippen LogP contribution in [0.15, 0.2) is 0 Å². The zero-order valence-corrected chi connectivity index (χ0v) is 15.2. The van der Waals surface area contributed by atoms with Gasteiger partial charge in [0.1, 0.15) is 0 Å². The van der Waals surface area contributed by atoms with E-state index in [0.717, 1.165) is 25.7 Å². The number of carboxylic acids is 1. The number of rotatable bonds is 2. The smallest absolute Gasteiger partial charge is 0.317 e. The lowest BCUT2D eigenvalue weighted by molar-refractivity contribution is -0.189. The van der Waals surface area contributed by atoms with Crippen LogP contribution in [-0.4, -0.2) is 65.6 Å². The van der Waals surface area contributed by atoms with Gasteiger partial charge in [-0.1, -0.05) is 0 Å². The van der Waals surface area contributed by atoms with Gasteiger partial charge >= 0.3 is 12.0 Å². The zero-order valence-electron chi connectivity index (χ0n) is 15.2. The van der Waals surface area contributed by atoms with E-state index in [4.69, 9.17) is 14.6 Å². The monoisotopic (exact) mass is 354 g/mol. The molecule has 0 radical (unpaired) electrons. The van der Waals surface area contributed by atoms with Crippen LogP contribution in [0, 0.1) is 5.92 Å². The maximum absolute atomic E-state index is 12.7. The molecular weight excluding hydrogens is 324 g/mol. The van der Waals surface area contributed by atoms with Crippen molar-refractivity contribution in [2.45, 2.75) is 76.2 Å². The van der Waals surface area contributed by atoms with Gasteiger partial charge < -0.3 is 24.8 Å². The number of nitrogens with zero attached hydrogens (tertiary/aromatic N) is 1. The Bertz CT molecular complexity index is 502. The van der Waals surface area contributed by atoms with Gasteiger partial charge in [-0.25, -0.2) is 4.79 Å². The summed E-state index contributed by atoms with van der Waals surface area (Å²) in [5, 5.41) is 12.2. The number of aliphatic carboxylic acids is 1. The molecule has 7 nitrogen and oxygen atoms in total. The second-order valence-electron chi connectivity index (χ2n) is 7.96. The first-order valence-electron chi connectivity index (χ1n) is 9.44. The van der Waals surface area contributed by atoms with E-state index in [-0.39, 0.29) is 35.8 Å². The molecule has 25 heavy (non-hydrogen) atoms. The van der Waals surface area contributed by atoms with E-state index in [2.05, 4.69) is 12.2 Å². The Labute approximate surface area is 149 Å². The first-order valence-corrected chi connectivity index (χ1v) is 9.44. The quantitative estimate of drug-likeness (QED) is 0.792. The fourth-order valence-electron chi connectivity index (χ4n) is 4.51. The van der Waals surface area contributed by atoms with Crippen molar-refractivity contribution in [3.8, 4) is 0 Å². The Balaban J connectivity index is 1.55. The van der Waals surface area contributed by atoms with Crippen molar-refractivity contribution in [1.82, 2.24) is 10.2 Å². The van der Waals surface area contributed by atoms with Crippen LogP contribution in [0.2, 0.25) is 0 Å². The third-order valence-corrected chi connectivity index (χ3v) is 5.72. The number of nitrogens with one attached hydrogen (secondary N) is 1. The molecule has 1 saturated carbocycles. The SMILES string of the molecule is CC1CC2(CCO1)CN(C(=O)NC1CCC(C(=O)O)CC1)CC(C)O2. The largest absolute Gasteiger partial charge is 0.481 e. The topological polar surface area (TPSA) is 88.1 Å². The van der Waals surface area contributed by atoms with E-state index >= 15 is 0 Å². The summed E-state index contributed by atoms with van der Waals surface area (Å²) in [6, 6.07) is 0.0262. The molecule has 3 rings (SSSR count). The second kappa shape index (κ2) is 7.50. The van der Waals surface area contributed by atoms with Crippen molar-refractivity contribution in [3.05, 3.63) is 0 Å². The second-order valence-corrected chi connectivity index (χ2v) is 7.96. The number of carbonyl (C=O) groups is 2. The van der Waals surface area contributed by atoms with Gasteiger partial charge in [0.25, 0.3) is 0 Å². The minimum absolute atomic E-state index is 0.00699. The number of morpholine rings is 1. The Morgan fingerprint density at radius 3 is 2.52 bits per heavy atom. The van der Waals surface area contributed by atoms with Gasteiger partial charge in [0, 0.05) is 32.0 Å². The number of amides is 2. The lowest BCUT2D eigenvalue weighted by Crippen LogP contribution is -2.61. The molecule has 0 aromatic rings. The fourth-order valence-corrected chi connectivity index (χ4v) is 4.51. The Morgan fingerprint density at radius 2 is 1.88 bits per heavy atom. The van der Waals surface area contributed by atoms with Gasteiger partial charge in [-0.2, -0.15) is 0 Å². The number of ether oxygens (including phenoxy) is 2. The van der Waals surface area contributed by atoms with Crippen LogP contribution in [0.5, 0.6) is 0 Å². The lowest BCUT2D eigenvalue weighted by Gasteiger charge is -2.48. The van der Waals surface area contributed by atoms with Gasteiger partial charge in [0.2, 0.25) is 0 Å². The predicted octanol–water partition coefficient (Wildman–Crippen LogP) is 2.00. The molecule has 3 unspecified atom stereocenters. The molecule has 3 aliphatic rings. The van der Waals surface area contributed by atoms with Crippen molar-refractivity contribution in [1.29, 1.82) is 0 Å². The maximum Gasteiger partial charge on any atom is 0.317 e. The highest BCUT2D eigenvalue weighted by Crippen LogP contribution is 2.34. The van der Waals surface area contributed by atoms with Crippen molar-refractivity contribution < 1.29 is 24.2 Å². The van der Waals surface area contributed by atoms with Crippen LogP contribution >= 0.6 is 0 Å². The van der Waals surface area contributed by atoms with Crippen LogP contribution in [0.3, 0.4) is 0 Å². The Morgan fingerprint density at radius 1 is 1.16 bits per heavy atom. The molecule has 0 aromatic heterocycles. The Kier molecular flexibility index (Phi) is 5.53. The van der Waals surface area contributed by atoms with Crippen molar-refractivity contribution >= 4 is 12.0 Å². The standard InChI is InChI=1S/C18H30N2O5/c1-12-9-18(7-8-24-12)11-20(10-13(2)25-18)17(23)19-15-5-3-14(4-6-15)16(21)22/h12-15H,3-11H2,1-2H3,(H,19,23)(H,21,22). The fraction of sp³-hybridized carbons (Fsp3) is 0.889. The van der Waals surface area contributed by atoms with Gasteiger partial charge in [-0.15, -0.1) is 0 Å². The van der Waals surface area contributed by atoms with Crippen LogP contribution in [0.1, 0.15) is 52.4 Å². The molecule has 2 amide bonds. The summed E-state index contributed by atoms with van der Waals surface area (Å²) in [5.74, 6) is -0.981. The number of hydrogen-bond donors (Lipinski definition) is 2. The summed E-state index contributed by atoms with van der Waals surface area (Å²) in [5.41, 5.74) is -0.298. The summed E-state index contributed by atoms with van der Waals surface area (Å²) >= 11 is 0. The van der Waals surface area contributed by atoms with Gasteiger partial charge in [-0.3, -0.25) is 4.79 Å². The number of carbonyl (C=O) groups excluding carboxylic acids is 1. The van der Waals surface area contributed by atoms with E-state index in [1.54, 1.807) is 0 Å². The van der Waals surface area contributed by atoms with Crippen molar-refractivity contribution in [3.63, 3.8) is 0 Å². The normalized spacial score (nSPS) is 39.2. The molecular formula is C18H30N2O5. The van der Waals surface area contributed by atoms with Gasteiger partial charge in [-0.05, 0) is 39.5 Å². The number of urea groups is 1. The molecule has 2 saturated heterocycles. The highest BCUT2D eigenvalue weighted by atomic mass is 16.5. The third kappa shape index (κ3) is 4.44. The minimum atomic E-state index is -0.720. The number of carboxylic acid groups (broad SMARTS) is 1. The molecule has 0 aromatic carbocycles. The highest BCUT2D eigenvalue weighted by molar-refractivity contribution is 5.75. The molecule has 2 N–H and O–H groups in total. The molecule has 1 spiro atoms. The van der Waals surface area contributed by atoms with Crippen LogP contribution in [0.25, 0.3) is 0 Å². The summed E-state index contributed by atoms with van der Waals surface area (Å²) in [4.78, 5) is 25.7. The minimum Gasteiger partial charge on any atom is -0.481 e. The molecule has 3 atom stereocenters. The van der Waals surface area contributed by atoms with Crippen molar-refractivity contribution in [2.24, 2.45) is 5.92 Å². The summed E-state index contributed by atoms with van der Waals surface area (Å²) in [7, 11) is 0. The van der Waals surface area contributed by atoms with Gasteiger partial charge in [0.15, 0.2) is 0 Å². The summed E-state index contributed by atoms with van der Waals surface area (Å²) < 4.78 is 11.9. The predicted molar refractivity (Wildman–Crippen MR) is 91.4 cm³/mol. The average Bonchev–Trinajstić information content (AvgIpc) is 2.54. The molecule has 2 heterocycles. The highest BCUT2D eigenvalue weighted by Gasteiger charge is 2.44. The molecule has 2 aliphatic heterocycles. The third-order valence-electron chi connectivity index (χ3n) is 5.72. The molecule has 0 bridgehead atoms. The molecule has 142 valence electrons. The van der Waals surface area contributed by atoms with E-state index < -0.39 is 5.97 Å². The van der Waals surface area contributed by atoms with Crippen LogP contribution in [0.4, 0.5) is 4.79 Å². The zero-order chi connectivity index (χ0) is 18.0. The molecule has 1 aliphatic carbocycles. The van der Waals surface area contributed by atoms with Crippen LogP contribution < -0.4 is 5.32 Å². The van der Waals surface area contributed by atoms with E-state index in [1.807, 2.05) is 11.8 Å². The van der Waals surface area contributed by atoms with Crippen LogP contribution in [-0.2, 0) is 14.3 Å². The summed E-state index contributed by atoms with van der Waals surface area (Å²) in [6.45, 7) is 5.92. The summed E-state index contributed by atoms with van der Waals surface area (Å²) in [6.07, 6.45) is 4.52. The first kappa shape index (κ1) is 18.5. The maximum atomic E-state index is 12.7. The van der Waals surface area contributed by atoms with Gasteiger partial charge in [0.05, 0.1) is 30.3 Å². The number of hydrogen-bond acceptors (Lipinski definition) is 4. The van der Waals surface area contributed by atoms with E-state index in [1.165, 1.54) is 0 Å². The van der Waals surface area contributed by atoms with Crippen molar-refractivity contribution in [2.75, 3.05) is 19.7 Å². The Hall–Kier alpha value is -1.34. The first-order chi connectivity index (χ1) is 11.9. The average molecular weight is 354 g/mol.